The number of rotatable bonds is 4. The molecule has 20 heavy (non-hydrogen) atoms. The molecule has 0 bridgehead atoms. The summed E-state index contributed by atoms with van der Waals surface area (Å²) < 4.78 is 24.3. The van der Waals surface area contributed by atoms with Crippen molar-refractivity contribution in [2.24, 2.45) is 0 Å². The van der Waals surface area contributed by atoms with Gasteiger partial charge >= 0.3 is 0 Å². The number of anilines is 1. The average molecular weight is 271 g/mol. The van der Waals surface area contributed by atoms with Crippen LogP contribution in [0.1, 0.15) is 5.56 Å². The fourth-order valence-electron chi connectivity index (χ4n) is 2.13. The predicted molar refractivity (Wildman–Crippen MR) is 76.5 cm³/mol. The van der Waals surface area contributed by atoms with E-state index in [-0.39, 0.29) is 5.82 Å². The van der Waals surface area contributed by atoms with Crippen molar-refractivity contribution in [2.45, 2.75) is 6.54 Å². The van der Waals surface area contributed by atoms with Gasteiger partial charge in [0.25, 0.3) is 0 Å². The van der Waals surface area contributed by atoms with Crippen molar-refractivity contribution in [3.63, 3.8) is 0 Å². The van der Waals surface area contributed by atoms with Crippen LogP contribution in [0.15, 0.2) is 53.1 Å². The Kier molecular flexibility index (Phi) is 3.29. The van der Waals surface area contributed by atoms with Gasteiger partial charge < -0.3 is 14.5 Å². The van der Waals surface area contributed by atoms with Crippen molar-refractivity contribution in [1.82, 2.24) is 0 Å². The van der Waals surface area contributed by atoms with Crippen LogP contribution in [0.25, 0.3) is 11.0 Å². The molecule has 0 aliphatic carbocycles. The molecule has 0 saturated carbocycles. The predicted octanol–water partition coefficient (Wildman–Crippen LogP) is 4.19. The van der Waals surface area contributed by atoms with Crippen LogP contribution in [-0.4, -0.2) is 7.11 Å². The maximum absolute atomic E-state index is 13.7. The van der Waals surface area contributed by atoms with E-state index in [4.69, 9.17) is 9.15 Å². The molecule has 0 aliphatic rings. The van der Waals surface area contributed by atoms with E-state index in [9.17, 15) is 4.39 Å². The van der Waals surface area contributed by atoms with Gasteiger partial charge in [0, 0.05) is 23.6 Å². The van der Waals surface area contributed by atoms with Gasteiger partial charge in [-0.05, 0) is 18.2 Å². The quantitative estimate of drug-likeness (QED) is 0.772. The van der Waals surface area contributed by atoms with Crippen molar-refractivity contribution >= 4 is 16.7 Å². The van der Waals surface area contributed by atoms with Crippen molar-refractivity contribution < 1.29 is 13.5 Å². The standard InChI is InChI=1S/C16H14FNO2/c1-19-12-6-7-14(17)15(8-12)18-9-11-10-20-16-5-3-2-4-13(11)16/h2-8,10,18H,9H2,1H3. The van der Waals surface area contributed by atoms with Gasteiger partial charge in [-0.3, -0.25) is 0 Å². The summed E-state index contributed by atoms with van der Waals surface area (Å²) in [5, 5.41) is 4.10. The molecule has 102 valence electrons. The number of hydrogen-bond acceptors (Lipinski definition) is 3. The van der Waals surface area contributed by atoms with Crippen LogP contribution in [0.5, 0.6) is 5.75 Å². The Morgan fingerprint density at radius 2 is 2.05 bits per heavy atom. The number of nitrogens with one attached hydrogen (secondary N) is 1. The second-order valence-electron chi connectivity index (χ2n) is 4.46. The van der Waals surface area contributed by atoms with Crippen LogP contribution in [0.2, 0.25) is 0 Å². The van der Waals surface area contributed by atoms with E-state index in [1.807, 2.05) is 24.3 Å². The number of para-hydroxylation sites is 1. The normalized spacial score (nSPS) is 10.7. The van der Waals surface area contributed by atoms with Gasteiger partial charge in [-0.25, -0.2) is 4.39 Å². The number of hydrogen-bond donors (Lipinski definition) is 1. The molecule has 0 aliphatic heterocycles. The summed E-state index contributed by atoms with van der Waals surface area (Å²) >= 11 is 0. The van der Waals surface area contributed by atoms with E-state index in [1.54, 1.807) is 25.5 Å². The molecule has 0 spiro atoms. The lowest BCUT2D eigenvalue weighted by Crippen LogP contribution is -2.01. The van der Waals surface area contributed by atoms with Crippen molar-refractivity contribution in [3.05, 3.63) is 60.1 Å². The third-order valence-corrected chi connectivity index (χ3v) is 3.20. The molecule has 1 N–H and O–H groups in total. The topological polar surface area (TPSA) is 34.4 Å². The summed E-state index contributed by atoms with van der Waals surface area (Å²) in [5.74, 6) is 0.310. The highest BCUT2D eigenvalue weighted by Crippen LogP contribution is 2.24. The summed E-state index contributed by atoms with van der Waals surface area (Å²) in [4.78, 5) is 0. The lowest BCUT2D eigenvalue weighted by molar-refractivity contribution is 0.414. The van der Waals surface area contributed by atoms with Crippen LogP contribution in [-0.2, 0) is 6.54 Å². The van der Waals surface area contributed by atoms with Gasteiger partial charge in [-0.2, -0.15) is 0 Å². The molecule has 0 radical (unpaired) electrons. The Balaban J connectivity index is 1.83. The summed E-state index contributed by atoms with van der Waals surface area (Å²) in [7, 11) is 1.56. The second-order valence-corrected chi connectivity index (χ2v) is 4.46. The van der Waals surface area contributed by atoms with Gasteiger partial charge in [0.1, 0.15) is 17.1 Å². The van der Waals surface area contributed by atoms with Crippen molar-refractivity contribution in [1.29, 1.82) is 0 Å². The molecule has 3 nitrogen and oxygen atoms in total. The number of halogens is 1. The van der Waals surface area contributed by atoms with E-state index in [1.165, 1.54) is 6.07 Å². The first kappa shape index (κ1) is 12.5. The maximum Gasteiger partial charge on any atom is 0.146 e. The summed E-state index contributed by atoms with van der Waals surface area (Å²) in [6, 6.07) is 12.4. The van der Waals surface area contributed by atoms with Gasteiger partial charge in [0.05, 0.1) is 19.1 Å². The van der Waals surface area contributed by atoms with Gasteiger partial charge in [0.2, 0.25) is 0 Å². The third kappa shape index (κ3) is 2.32. The average Bonchev–Trinajstić information content (AvgIpc) is 2.90. The van der Waals surface area contributed by atoms with Crippen molar-refractivity contribution in [2.75, 3.05) is 12.4 Å². The fraction of sp³-hybridized carbons (Fsp3) is 0.125. The molecule has 4 heteroatoms. The molecule has 3 rings (SSSR count). The largest absolute Gasteiger partial charge is 0.497 e. The number of methoxy groups -OCH3 is 1. The van der Waals surface area contributed by atoms with E-state index >= 15 is 0 Å². The molecule has 1 heterocycles. The lowest BCUT2D eigenvalue weighted by atomic mass is 10.2. The molecular formula is C16H14FNO2. The van der Waals surface area contributed by atoms with Crippen LogP contribution in [0.4, 0.5) is 10.1 Å². The Bertz CT molecular complexity index is 736. The molecule has 0 unspecified atom stereocenters. The third-order valence-electron chi connectivity index (χ3n) is 3.20. The zero-order valence-corrected chi connectivity index (χ0v) is 11.0. The Hall–Kier alpha value is -2.49. The zero-order chi connectivity index (χ0) is 13.9. The minimum atomic E-state index is -0.307. The van der Waals surface area contributed by atoms with E-state index in [0.29, 0.717) is 18.0 Å². The van der Waals surface area contributed by atoms with Crippen molar-refractivity contribution in [3.8, 4) is 5.75 Å². The van der Waals surface area contributed by atoms with E-state index in [0.717, 1.165) is 16.5 Å². The first-order valence-electron chi connectivity index (χ1n) is 6.30. The summed E-state index contributed by atoms with van der Waals surface area (Å²) in [6.45, 7) is 0.487. The Morgan fingerprint density at radius 1 is 1.20 bits per heavy atom. The SMILES string of the molecule is COc1ccc(F)c(NCc2coc3ccccc23)c1. The molecular weight excluding hydrogens is 257 g/mol. The fourth-order valence-corrected chi connectivity index (χ4v) is 2.13. The minimum Gasteiger partial charge on any atom is -0.497 e. The van der Waals surface area contributed by atoms with Crippen LogP contribution in [0.3, 0.4) is 0 Å². The second kappa shape index (κ2) is 5.25. The van der Waals surface area contributed by atoms with Crippen LogP contribution in [0, 0.1) is 5.82 Å². The highest BCUT2D eigenvalue weighted by molar-refractivity contribution is 5.81. The first-order valence-corrected chi connectivity index (χ1v) is 6.30. The molecule has 2 aromatic carbocycles. The van der Waals surface area contributed by atoms with E-state index < -0.39 is 0 Å². The van der Waals surface area contributed by atoms with Gasteiger partial charge in [0.15, 0.2) is 0 Å². The molecule has 0 amide bonds. The zero-order valence-electron chi connectivity index (χ0n) is 11.0. The van der Waals surface area contributed by atoms with Gasteiger partial charge in [-0.15, -0.1) is 0 Å². The molecule has 0 saturated heterocycles. The number of fused-ring (bicyclic) bond motifs is 1. The van der Waals surface area contributed by atoms with Crippen LogP contribution >= 0.6 is 0 Å². The number of benzene rings is 2. The summed E-state index contributed by atoms with van der Waals surface area (Å²) in [5.41, 5.74) is 2.23. The Morgan fingerprint density at radius 3 is 2.90 bits per heavy atom. The molecule has 3 aromatic rings. The maximum atomic E-state index is 13.7. The Labute approximate surface area is 116 Å². The first-order chi connectivity index (χ1) is 9.78. The summed E-state index contributed by atoms with van der Waals surface area (Å²) in [6.07, 6.45) is 1.69. The van der Waals surface area contributed by atoms with Crippen LogP contribution < -0.4 is 10.1 Å². The molecule has 0 fully saturated rings. The highest BCUT2D eigenvalue weighted by Gasteiger charge is 2.07. The lowest BCUT2D eigenvalue weighted by Gasteiger charge is -2.08. The smallest absolute Gasteiger partial charge is 0.146 e. The number of ether oxygens (including phenoxy) is 1. The monoisotopic (exact) mass is 271 g/mol. The number of furan rings is 1. The van der Waals surface area contributed by atoms with E-state index in [2.05, 4.69) is 5.32 Å². The minimum absolute atomic E-state index is 0.307. The molecule has 1 aromatic heterocycles. The highest BCUT2D eigenvalue weighted by atomic mass is 19.1. The van der Waals surface area contributed by atoms with Gasteiger partial charge in [-0.1, -0.05) is 18.2 Å². The molecule has 0 atom stereocenters.